The summed E-state index contributed by atoms with van der Waals surface area (Å²) in [4.78, 5) is 45.0. The molecular formula is C28H18F6N6O3. The zero-order chi connectivity index (χ0) is 30.6. The minimum Gasteiger partial charge on any atom is -0.337 e. The molecule has 4 aromatic rings. The number of urea groups is 1. The number of nitrogens with zero attached hydrogens (tertiary/aromatic N) is 5. The molecule has 4 amide bonds. The van der Waals surface area contributed by atoms with Crippen molar-refractivity contribution in [2.75, 3.05) is 18.0 Å². The Kier molecular flexibility index (Phi) is 6.66. The molecule has 0 saturated carbocycles. The van der Waals surface area contributed by atoms with E-state index in [9.17, 15) is 40.7 Å². The number of imide groups is 1. The molecule has 43 heavy (non-hydrogen) atoms. The van der Waals surface area contributed by atoms with Gasteiger partial charge in [-0.3, -0.25) is 24.8 Å². The van der Waals surface area contributed by atoms with E-state index in [-0.39, 0.29) is 43.0 Å². The first-order valence-corrected chi connectivity index (χ1v) is 12.7. The third-order valence-electron chi connectivity index (χ3n) is 7.46. The van der Waals surface area contributed by atoms with Crippen molar-refractivity contribution in [3.05, 3.63) is 95.5 Å². The summed E-state index contributed by atoms with van der Waals surface area (Å²) >= 11 is 0. The van der Waals surface area contributed by atoms with Gasteiger partial charge in [0.05, 0.1) is 11.4 Å². The van der Waals surface area contributed by atoms with Gasteiger partial charge in [0.25, 0.3) is 11.8 Å². The number of carbonyl (C=O) groups is 3. The molecule has 6 rings (SSSR count). The van der Waals surface area contributed by atoms with Crippen LogP contribution in [-0.2, 0) is 4.79 Å². The molecule has 220 valence electrons. The number of benzene rings is 2. The second kappa shape index (κ2) is 10.3. The van der Waals surface area contributed by atoms with Crippen molar-refractivity contribution in [2.45, 2.75) is 18.4 Å². The molecule has 0 bridgehead atoms. The maximum atomic E-state index is 14.7. The van der Waals surface area contributed by atoms with Crippen LogP contribution >= 0.6 is 0 Å². The van der Waals surface area contributed by atoms with Gasteiger partial charge in [0.2, 0.25) is 0 Å². The SMILES string of the molecule is O=C(c1cc(-c2cccnc2)n(-c2cc(F)c(F)c(F)c2)n1)N1CCC2(CC1)C(=O)NC(=O)N2c1c(F)cc(F)cc1F. The number of aromatic nitrogens is 3. The van der Waals surface area contributed by atoms with Crippen LogP contribution in [0.5, 0.6) is 0 Å². The van der Waals surface area contributed by atoms with E-state index in [2.05, 4.69) is 10.1 Å². The lowest BCUT2D eigenvalue weighted by atomic mass is 9.85. The third-order valence-corrected chi connectivity index (χ3v) is 7.46. The summed E-state index contributed by atoms with van der Waals surface area (Å²) in [6.07, 6.45) is 2.42. The van der Waals surface area contributed by atoms with Crippen LogP contribution in [0.25, 0.3) is 16.9 Å². The summed E-state index contributed by atoms with van der Waals surface area (Å²) in [5, 5.41) is 6.26. The van der Waals surface area contributed by atoms with Crippen LogP contribution in [0.3, 0.4) is 0 Å². The standard InChI is InChI=1S/C28H18F6N6O3/c29-15-8-19(32)24(20(33)9-15)39-27(43)36-26(42)28(39)3-6-38(7-4-28)25(41)21-12-22(14-2-1-5-35-13-14)40(37-21)16-10-17(30)23(34)18(31)11-16/h1-2,5,8-13H,3-4,6-7H2,(H,36,42,43). The number of halogens is 6. The van der Waals surface area contributed by atoms with E-state index in [0.717, 1.165) is 4.68 Å². The molecule has 15 heteroatoms. The summed E-state index contributed by atoms with van der Waals surface area (Å²) in [6, 6.07) is 5.61. The van der Waals surface area contributed by atoms with E-state index in [4.69, 9.17) is 0 Å². The summed E-state index contributed by atoms with van der Waals surface area (Å²) in [5.41, 5.74) is -2.45. The Hall–Kier alpha value is -5.21. The number of piperidine rings is 1. The predicted octanol–water partition coefficient (Wildman–Crippen LogP) is 4.50. The van der Waals surface area contributed by atoms with E-state index in [1.54, 1.807) is 12.1 Å². The second-order valence-corrected chi connectivity index (χ2v) is 9.93. The first-order chi connectivity index (χ1) is 20.5. The summed E-state index contributed by atoms with van der Waals surface area (Å²) in [7, 11) is 0. The number of hydrogen-bond donors (Lipinski definition) is 1. The Bertz CT molecular complexity index is 1760. The van der Waals surface area contributed by atoms with Gasteiger partial charge in [-0.1, -0.05) is 0 Å². The first-order valence-electron chi connectivity index (χ1n) is 12.7. The highest BCUT2D eigenvalue weighted by molar-refractivity contribution is 6.17. The van der Waals surface area contributed by atoms with Gasteiger partial charge < -0.3 is 4.90 Å². The highest BCUT2D eigenvalue weighted by Crippen LogP contribution is 2.40. The average molecular weight is 600 g/mol. The minimum atomic E-state index is -1.77. The Labute approximate surface area is 238 Å². The molecule has 4 heterocycles. The maximum Gasteiger partial charge on any atom is 0.329 e. The molecule has 9 nitrogen and oxygen atoms in total. The fourth-order valence-electron chi connectivity index (χ4n) is 5.39. The highest BCUT2D eigenvalue weighted by Gasteiger charge is 2.56. The van der Waals surface area contributed by atoms with Crippen molar-refractivity contribution < 1.29 is 40.7 Å². The topological polar surface area (TPSA) is 100 Å². The number of anilines is 1. The molecule has 2 aliphatic rings. The van der Waals surface area contributed by atoms with Crippen molar-refractivity contribution >= 4 is 23.5 Å². The smallest absolute Gasteiger partial charge is 0.329 e. The average Bonchev–Trinajstić information content (AvgIpc) is 3.52. The first kappa shape index (κ1) is 27.9. The van der Waals surface area contributed by atoms with Crippen LogP contribution in [0, 0.1) is 34.9 Å². The number of hydrogen-bond acceptors (Lipinski definition) is 5. The number of amides is 4. The van der Waals surface area contributed by atoms with Gasteiger partial charge in [0.15, 0.2) is 34.8 Å². The fraction of sp³-hybridized carbons (Fsp3) is 0.179. The van der Waals surface area contributed by atoms with Crippen LogP contribution in [-0.4, -0.2) is 56.1 Å². The van der Waals surface area contributed by atoms with E-state index in [0.29, 0.717) is 34.7 Å². The monoisotopic (exact) mass is 600 g/mol. The largest absolute Gasteiger partial charge is 0.337 e. The quantitative estimate of drug-likeness (QED) is 0.211. The van der Waals surface area contributed by atoms with Gasteiger partial charge >= 0.3 is 6.03 Å². The van der Waals surface area contributed by atoms with Crippen molar-refractivity contribution in [1.82, 2.24) is 25.0 Å². The van der Waals surface area contributed by atoms with Crippen LogP contribution in [0.4, 0.5) is 36.8 Å². The Morgan fingerprint density at radius 3 is 2.14 bits per heavy atom. The second-order valence-electron chi connectivity index (χ2n) is 9.93. The summed E-state index contributed by atoms with van der Waals surface area (Å²) in [5.74, 6) is -10.1. The van der Waals surface area contributed by atoms with Crippen LogP contribution in [0.1, 0.15) is 23.3 Å². The summed E-state index contributed by atoms with van der Waals surface area (Å²) < 4.78 is 85.7. The molecule has 1 spiro atoms. The number of pyridine rings is 1. The van der Waals surface area contributed by atoms with Crippen LogP contribution in [0.2, 0.25) is 0 Å². The highest BCUT2D eigenvalue weighted by atomic mass is 19.2. The molecule has 0 radical (unpaired) electrons. The molecule has 0 aliphatic carbocycles. The van der Waals surface area contributed by atoms with Gasteiger partial charge in [-0.2, -0.15) is 5.10 Å². The summed E-state index contributed by atoms with van der Waals surface area (Å²) in [6.45, 7) is -0.343. The molecule has 0 unspecified atom stereocenters. The number of carbonyl (C=O) groups excluding carboxylic acids is 3. The van der Waals surface area contributed by atoms with Crippen molar-refractivity contribution in [3.63, 3.8) is 0 Å². The van der Waals surface area contributed by atoms with Crippen LogP contribution in [0.15, 0.2) is 54.9 Å². The lowest BCUT2D eigenvalue weighted by Gasteiger charge is -2.42. The normalized spacial score (nSPS) is 16.2. The number of likely N-dealkylation sites (tertiary alicyclic amines) is 1. The molecular weight excluding hydrogens is 582 g/mol. The van der Waals surface area contributed by atoms with Gasteiger partial charge in [-0.15, -0.1) is 0 Å². The number of nitrogens with one attached hydrogen (secondary N) is 1. The van der Waals surface area contributed by atoms with Crippen LogP contribution < -0.4 is 10.2 Å². The van der Waals surface area contributed by atoms with Gasteiger partial charge in [0, 0.05) is 55.3 Å². The van der Waals surface area contributed by atoms with E-state index >= 15 is 0 Å². The Balaban J connectivity index is 1.32. The number of rotatable bonds is 4. The van der Waals surface area contributed by atoms with Gasteiger partial charge in [0.1, 0.15) is 17.0 Å². The van der Waals surface area contributed by atoms with Crippen molar-refractivity contribution in [2.24, 2.45) is 0 Å². The third kappa shape index (κ3) is 4.56. The van der Waals surface area contributed by atoms with E-state index in [1.165, 1.54) is 23.4 Å². The van der Waals surface area contributed by atoms with Crippen molar-refractivity contribution in [3.8, 4) is 16.9 Å². The zero-order valence-electron chi connectivity index (χ0n) is 21.8. The lowest BCUT2D eigenvalue weighted by Crippen LogP contribution is -2.58. The Morgan fingerprint density at radius 1 is 0.884 bits per heavy atom. The van der Waals surface area contributed by atoms with E-state index in [1.807, 2.05) is 5.32 Å². The molecule has 2 fully saturated rings. The molecule has 2 saturated heterocycles. The predicted molar refractivity (Wildman–Crippen MR) is 137 cm³/mol. The minimum absolute atomic E-state index is 0.171. The van der Waals surface area contributed by atoms with Gasteiger partial charge in [-0.25, -0.2) is 35.8 Å². The fourth-order valence-corrected chi connectivity index (χ4v) is 5.39. The molecule has 2 aromatic heterocycles. The molecule has 2 aromatic carbocycles. The van der Waals surface area contributed by atoms with E-state index < -0.39 is 64.0 Å². The lowest BCUT2D eigenvalue weighted by molar-refractivity contribution is -0.124. The molecule has 1 N–H and O–H groups in total. The van der Waals surface area contributed by atoms with Crippen molar-refractivity contribution in [1.29, 1.82) is 0 Å². The zero-order valence-corrected chi connectivity index (χ0v) is 21.8. The van der Waals surface area contributed by atoms with Gasteiger partial charge in [-0.05, 0) is 31.0 Å². The molecule has 2 aliphatic heterocycles. The Morgan fingerprint density at radius 2 is 1.53 bits per heavy atom. The maximum absolute atomic E-state index is 14.7. The molecule has 0 atom stereocenters.